The van der Waals surface area contributed by atoms with Crippen molar-refractivity contribution in [3.05, 3.63) is 65.7 Å². The zero-order valence-electron chi connectivity index (χ0n) is 18.6. The van der Waals surface area contributed by atoms with Gasteiger partial charge in [-0.25, -0.2) is 8.42 Å². The summed E-state index contributed by atoms with van der Waals surface area (Å²) in [4.78, 5) is 15.5. The predicted octanol–water partition coefficient (Wildman–Crippen LogP) is 3.65. The van der Waals surface area contributed by atoms with Gasteiger partial charge in [-0.15, -0.1) is 0 Å². The van der Waals surface area contributed by atoms with Crippen LogP contribution in [-0.4, -0.2) is 55.8 Å². The Hall–Kier alpha value is -2.22. The molecule has 32 heavy (non-hydrogen) atoms. The fraction of sp³-hybridized carbons (Fsp3) is 0.480. The van der Waals surface area contributed by atoms with E-state index in [1.807, 2.05) is 6.07 Å². The second-order valence-electron chi connectivity index (χ2n) is 8.81. The van der Waals surface area contributed by atoms with Crippen LogP contribution in [0, 0.1) is 0 Å². The van der Waals surface area contributed by atoms with E-state index >= 15 is 0 Å². The van der Waals surface area contributed by atoms with E-state index in [0.29, 0.717) is 25.2 Å². The molecule has 0 aliphatic carbocycles. The maximum Gasteiger partial charge on any atom is 0.251 e. The van der Waals surface area contributed by atoms with Crippen molar-refractivity contribution in [3.63, 3.8) is 0 Å². The van der Waals surface area contributed by atoms with E-state index in [1.54, 1.807) is 18.2 Å². The minimum atomic E-state index is -3.55. The Labute approximate surface area is 191 Å². The fourth-order valence-electron chi connectivity index (χ4n) is 4.68. The minimum absolute atomic E-state index is 0.204. The molecule has 2 aromatic carbocycles. The molecule has 4 rings (SSSR count). The van der Waals surface area contributed by atoms with E-state index in [4.69, 9.17) is 0 Å². The summed E-state index contributed by atoms with van der Waals surface area (Å²) < 4.78 is 27.5. The average molecular weight is 456 g/mol. The topological polar surface area (TPSA) is 69.7 Å². The zero-order chi connectivity index (χ0) is 22.4. The maximum absolute atomic E-state index is 13.0. The van der Waals surface area contributed by atoms with E-state index in [9.17, 15) is 13.2 Å². The first kappa shape index (κ1) is 23.0. The number of nitrogens with one attached hydrogen (secondary N) is 1. The molecule has 172 valence electrons. The highest BCUT2D eigenvalue weighted by atomic mass is 32.2. The van der Waals surface area contributed by atoms with Gasteiger partial charge in [0.15, 0.2) is 0 Å². The monoisotopic (exact) mass is 455 g/mol. The first-order valence-corrected chi connectivity index (χ1v) is 13.1. The third-order valence-electron chi connectivity index (χ3n) is 6.52. The lowest BCUT2D eigenvalue weighted by molar-refractivity contribution is 0.0907. The molecule has 2 fully saturated rings. The van der Waals surface area contributed by atoms with Gasteiger partial charge in [-0.1, -0.05) is 49.2 Å². The summed E-state index contributed by atoms with van der Waals surface area (Å²) in [6, 6.07) is 17.1. The Morgan fingerprint density at radius 3 is 2.44 bits per heavy atom. The standard InChI is InChI=1S/C25H33N3O3S/c29-25(22-12-9-14-24(18-22)32(30,31)28-16-6-2-7-17-28)26-19-23-13-5-8-15-27(23)20-21-10-3-1-4-11-21/h1,3-4,9-12,14,18,23H,2,5-8,13,15-17,19-20H2,(H,26,29). The van der Waals surface area contributed by atoms with Crippen LogP contribution in [-0.2, 0) is 16.6 Å². The van der Waals surface area contributed by atoms with Gasteiger partial charge in [0.1, 0.15) is 0 Å². The van der Waals surface area contributed by atoms with Crippen LogP contribution in [0.1, 0.15) is 54.4 Å². The number of rotatable bonds is 7. The van der Waals surface area contributed by atoms with Crippen LogP contribution in [0.2, 0.25) is 0 Å². The number of hydrogen-bond acceptors (Lipinski definition) is 4. The highest BCUT2D eigenvalue weighted by molar-refractivity contribution is 7.89. The summed E-state index contributed by atoms with van der Waals surface area (Å²) >= 11 is 0. The number of piperidine rings is 2. The van der Waals surface area contributed by atoms with Gasteiger partial charge < -0.3 is 5.32 Å². The summed E-state index contributed by atoms with van der Waals surface area (Å²) in [6.45, 7) is 3.58. The molecule has 1 amide bonds. The molecule has 0 aromatic heterocycles. The summed E-state index contributed by atoms with van der Waals surface area (Å²) in [5.41, 5.74) is 1.68. The van der Waals surface area contributed by atoms with Crippen LogP contribution in [0.3, 0.4) is 0 Å². The molecule has 2 aliphatic heterocycles. The molecule has 1 N–H and O–H groups in total. The quantitative estimate of drug-likeness (QED) is 0.692. The lowest BCUT2D eigenvalue weighted by atomic mass is 10.0. The zero-order valence-corrected chi connectivity index (χ0v) is 19.4. The number of hydrogen-bond donors (Lipinski definition) is 1. The number of carbonyl (C=O) groups is 1. The molecule has 2 heterocycles. The molecule has 2 saturated heterocycles. The summed E-state index contributed by atoms with van der Waals surface area (Å²) in [5.74, 6) is -0.217. The molecule has 0 radical (unpaired) electrons. The molecule has 6 nitrogen and oxygen atoms in total. The number of benzene rings is 2. The van der Waals surface area contributed by atoms with E-state index < -0.39 is 10.0 Å². The van der Waals surface area contributed by atoms with Crippen molar-refractivity contribution < 1.29 is 13.2 Å². The number of amides is 1. The Bertz CT molecular complexity index is 1000. The molecule has 1 atom stereocenters. The van der Waals surface area contributed by atoms with Crippen molar-refractivity contribution in [3.8, 4) is 0 Å². The van der Waals surface area contributed by atoms with Crippen LogP contribution >= 0.6 is 0 Å². The van der Waals surface area contributed by atoms with Gasteiger partial charge in [0.05, 0.1) is 4.90 Å². The summed E-state index contributed by atoms with van der Waals surface area (Å²) in [5, 5.41) is 3.05. The summed E-state index contributed by atoms with van der Waals surface area (Å²) in [7, 11) is -3.55. The van der Waals surface area contributed by atoms with Crippen molar-refractivity contribution in [2.24, 2.45) is 0 Å². The molecule has 2 aliphatic rings. The van der Waals surface area contributed by atoms with Gasteiger partial charge in [-0.05, 0) is 56.0 Å². The Balaban J connectivity index is 1.39. The molecular formula is C25H33N3O3S. The van der Waals surface area contributed by atoms with Gasteiger partial charge in [-0.3, -0.25) is 9.69 Å². The predicted molar refractivity (Wildman–Crippen MR) is 126 cm³/mol. The lowest BCUT2D eigenvalue weighted by Gasteiger charge is -2.36. The average Bonchev–Trinajstić information content (AvgIpc) is 2.84. The fourth-order valence-corrected chi connectivity index (χ4v) is 6.25. The van der Waals surface area contributed by atoms with Gasteiger partial charge in [0.2, 0.25) is 10.0 Å². The number of carbonyl (C=O) groups excluding carboxylic acids is 1. The molecule has 1 unspecified atom stereocenters. The Morgan fingerprint density at radius 1 is 0.906 bits per heavy atom. The molecule has 0 bridgehead atoms. The van der Waals surface area contributed by atoms with Crippen LogP contribution < -0.4 is 5.32 Å². The van der Waals surface area contributed by atoms with Crippen LogP contribution in [0.4, 0.5) is 0 Å². The van der Waals surface area contributed by atoms with Crippen molar-refractivity contribution in [1.82, 2.24) is 14.5 Å². The third kappa shape index (κ3) is 5.57. The van der Waals surface area contributed by atoms with Crippen LogP contribution in [0.5, 0.6) is 0 Å². The Kier molecular flexibility index (Phi) is 7.60. The van der Waals surface area contributed by atoms with Crippen molar-refractivity contribution in [1.29, 1.82) is 0 Å². The molecular weight excluding hydrogens is 422 g/mol. The molecule has 7 heteroatoms. The number of likely N-dealkylation sites (tertiary alicyclic amines) is 1. The van der Waals surface area contributed by atoms with Crippen molar-refractivity contribution in [2.75, 3.05) is 26.2 Å². The lowest BCUT2D eigenvalue weighted by Crippen LogP contribution is -2.46. The summed E-state index contributed by atoms with van der Waals surface area (Å²) in [6.07, 6.45) is 6.23. The maximum atomic E-state index is 13.0. The molecule has 0 saturated carbocycles. The minimum Gasteiger partial charge on any atom is -0.350 e. The van der Waals surface area contributed by atoms with Crippen molar-refractivity contribution >= 4 is 15.9 Å². The second-order valence-corrected chi connectivity index (χ2v) is 10.7. The van der Waals surface area contributed by atoms with E-state index in [2.05, 4.69) is 34.5 Å². The highest BCUT2D eigenvalue weighted by Crippen LogP contribution is 2.22. The van der Waals surface area contributed by atoms with E-state index in [-0.39, 0.29) is 16.8 Å². The number of sulfonamides is 1. The van der Waals surface area contributed by atoms with E-state index in [1.165, 1.54) is 22.4 Å². The third-order valence-corrected chi connectivity index (χ3v) is 8.42. The second kappa shape index (κ2) is 10.6. The Morgan fingerprint density at radius 2 is 1.66 bits per heavy atom. The highest BCUT2D eigenvalue weighted by Gasteiger charge is 2.27. The van der Waals surface area contributed by atoms with E-state index in [0.717, 1.165) is 45.2 Å². The molecule has 2 aromatic rings. The van der Waals surface area contributed by atoms with Gasteiger partial charge in [-0.2, -0.15) is 4.31 Å². The largest absolute Gasteiger partial charge is 0.350 e. The normalized spacial score (nSPS) is 20.7. The first-order valence-electron chi connectivity index (χ1n) is 11.7. The number of nitrogens with zero attached hydrogens (tertiary/aromatic N) is 2. The van der Waals surface area contributed by atoms with Crippen LogP contribution in [0.15, 0.2) is 59.5 Å². The first-order chi connectivity index (χ1) is 15.5. The van der Waals surface area contributed by atoms with Gasteiger partial charge in [0.25, 0.3) is 5.91 Å². The van der Waals surface area contributed by atoms with Gasteiger partial charge in [0, 0.05) is 37.8 Å². The van der Waals surface area contributed by atoms with Gasteiger partial charge >= 0.3 is 0 Å². The van der Waals surface area contributed by atoms with Crippen LogP contribution in [0.25, 0.3) is 0 Å². The SMILES string of the molecule is O=C(NCC1CCCCN1Cc1ccccc1)c1cccc(S(=O)(=O)N2CCCCC2)c1. The van der Waals surface area contributed by atoms with Crippen molar-refractivity contribution in [2.45, 2.75) is 56.0 Å². The smallest absolute Gasteiger partial charge is 0.251 e. The molecule has 0 spiro atoms.